The van der Waals surface area contributed by atoms with Crippen molar-refractivity contribution in [1.29, 1.82) is 0 Å². The number of hydrogen-bond donors (Lipinski definition) is 3. The molecule has 0 radical (unpaired) electrons. The van der Waals surface area contributed by atoms with Gasteiger partial charge < -0.3 is 20.4 Å². The van der Waals surface area contributed by atoms with E-state index in [1.54, 1.807) is 17.0 Å². The largest absolute Gasteiger partial charge is 0.478 e. The Bertz CT molecular complexity index is 984. The van der Waals surface area contributed by atoms with Crippen LogP contribution in [-0.4, -0.2) is 52.1 Å². The van der Waals surface area contributed by atoms with E-state index in [0.29, 0.717) is 18.7 Å². The Morgan fingerprint density at radius 3 is 2.18 bits per heavy atom. The maximum absolute atomic E-state index is 13.5. The predicted molar refractivity (Wildman–Crippen MR) is 124 cm³/mol. The molecule has 174 valence electrons. The number of benzene rings is 2. The normalized spacial score (nSPS) is 24.9. The van der Waals surface area contributed by atoms with Gasteiger partial charge in [0.2, 0.25) is 11.8 Å². The van der Waals surface area contributed by atoms with Crippen LogP contribution in [0.2, 0.25) is 0 Å². The smallest absolute Gasteiger partial charge is 0.335 e. The van der Waals surface area contributed by atoms with Crippen LogP contribution in [0.3, 0.4) is 0 Å². The fourth-order valence-electron chi connectivity index (χ4n) is 5.15. The van der Waals surface area contributed by atoms with Crippen molar-refractivity contribution in [3.05, 3.63) is 65.7 Å². The minimum atomic E-state index is -1.03. The number of aliphatic hydroxyl groups excluding tert-OH is 1. The molecular weight excluding hydrogens is 420 g/mol. The summed E-state index contributed by atoms with van der Waals surface area (Å²) >= 11 is 0. The van der Waals surface area contributed by atoms with E-state index in [-0.39, 0.29) is 41.7 Å². The molecule has 7 nitrogen and oxygen atoms in total. The molecule has 2 aliphatic rings. The second kappa shape index (κ2) is 10.2. The molecule has 1 saturated carbocycles. The number of rotatable bonds is 6. The van der Waals surface area contributed by atoms with Crippen LogP contribution in [-0.2, 0) is 9.59 Å². The van der Waals surface area contributed by atoms with E-state index >= 15 is 0 Å². The molecule has 1 saturated heterocycles. The molecule has 33 heavy (non-hydrogen) atoms. The van der Waals surface area contributed by atoms with E-state index in [9.17, 15) is 19.5 Å². The number of carboxylic acid groups (broad SMARTS) is 1. The number of aromatic carboxylic acids is 1. The van der Waals surface area contributed by atoms with Gasteiger partial charge >= 0.3 is 5.97 Å². The molecule has 2 amide bonds. The fraction of sp³-hybridized carbons (Fsp3) is 0.423. The van der Waals surface area contributed by atoms with Crippen LogP contribution in [0.1, 0.15) is 53.9 Å². The quantitative estimate of drug-likeness (QED) is 0.624. The summed E-state index contributed by atoms with van der Waals surface area (Å²) in [6, 6.07) is 15.2. The van der Waals surface area contributed by atoms with Crippen molar-refractivity contribution in [2.24, 2.45) is 11.8 Å². The van der Waals surface area contributed by atoms with E-state index < -0.39 is 12.0 Å². The van der Waals surface area contributed by atoms with E-state index in [2.05, 4.69) is 5.32 Å². The molecule has 1 aliphatic carbocycles. The summed E-state index contributed by atoms with van der Waals surface area (Å²) in [4.78, 5) is 39.8. The molecule has 0 spiro atoms. The fourth-order valence-corrected chi connectivity index (χ4v) is 5.15. The summed E-state index contributed by atoms with van der Waals surface area (Å²) < 4.78 is 0. The Morgan fingerprint density at radius 2 is 1.58 bits per heavy atom. The third-order valence-electron chi connectivity index (χ3n) is 7.03. The Morgan fingerprint density at radius 1 is 0.909 bits per heavy atom. The number of amides is 2. The summed E-state index contributed by atoms with van der Waals surface area (Å²) in [5.74, 6) is -1.24. The standard InChI is InChI=1S/C26H30N2O5/c29-16-17-6-8-19(9-7-17)25(31)28-15-14-22(18-4-2-1-3-5-18)23(28)24(30)27-21-12-10-20(11-13-21)26(32)33/h1-5,10-13,17,19,22-23,29H,6-9,14-16H2,(H,27,30)(H,32,33)/t17-,19-,22-,23-/m1/s1. The highest BCUT2D eigenvalue weighted by atomic mass is 16.4. The second-order valence-electron chi connectivity index (χ2n) is 9.05. The molecule has 2 aromatic rings. The van der Waals surface area contributed by atoms with Gasteiger partial charge in [0.15, 0.2) is 0 Å². The molecule has 3 N–H and O–H groups in total. The molecule has 1 heterocycles. The number of likely N-dealkylation sites (tertiary alicyclic amines) is 1. The van der Waals surface area contributed by atoms with Crippen LogP contribution < -0.4 is 5.32 Å². The topological polar surface area (TPSA) is 107 Å². The Balaban J connectivity index is 1.55. The number of aliphatic hydroxyl groups is 1. The molecule has 0 aromatic heterocycles. The molecule has 2 atom stereocenters. The lowest BCUT2D eigenvalue weighted by Gasteiger charge is -2.33. The first-order valence-electron chi connectivity index (χ1n) is 11.6. The third kappa shape index (κ3) is 5.09. The molecule has 0 unspecified atom stereocenters. The lowest BCUT2D eigenvalue weighted by Crippen LogP contribution is -2.48. The zero-order chi connectivity index (χ0) is 23.4. The third-order valence-corrected chi connectivity index (χ3v) is 7.03. The maximum Gasteiger partial charge on any atom is 0.335 e. The molecule has 2 fully saturated rings. The van der Waals surface area contributed by atoms with Crippen molar-refractivity contribution in [1.82, 2.24) is 4.90 Å². The maximum atomic E-state index is 13.5. The highest BCUT2D eigenvalue weighted by Gasteiger charge is 2.44. The van der Waals surface area contributed by atoms with Gasteiger partial charge in [-0.05, 0) is 67.9 Å². The molecule has 1 aliphatic heterocycles. The monoisotopic (exact) mass is 450 g/mol. The van der Waals surface area contributed by atoms with Gasteiger partial charge in [0.1, 0.15) is 6.04 Å². The summed E-state index contributed by atoms with van der Waals surface area (Å²) in [5, 5.41) is 21.4. The average Bonchev–Trinajstić information content (AvgIpc) is 3.30. The SMILES string of the molecule is O=C(O)c1ccc(NC(=O)[C@H]2[C@@H](c3ccccc3)CCN2C(=O)[C@H]2CC[C@H](CO)CC2)cc1. The van der Waals surface area contributed by atoms with Crippen molar-refractivity contribution in [2.45, 2.75) is 44.1 Å². The second-order valence-corrected chi connectivity index (χ2v) is 9.05. The van der Waals surface area contributed by atoms with Gasteiger partial charge in [-0.15, -0.1) is 0 Å². The van der Waals surface area contributed by atoms with Crippen LogP contribution in [0.15, 0.2) is 54.6 Å². The van der Waals surface area contributed by atoms with Crippen molar-refractivity contribution in [3.8, 4) is 0 Å². The van der Waals surface area contributed by atoms with Crippen LogP contribution in [0.5, 0.6) is 0 Å². The molecule has 4 rings (SSSR count). The van der Waals surface area contributed by atoms with Crippen molar-refractivity contribution in [3.63, 3.8) is 0 Å². The van der Waals surface area contributed by atoms with Crippen LogP contribution >= 0.6 is 0 Å². The van der Waals surface area contributed by atoms with E-state index in [1.165, 1.54) is 12.1 Å². The minimum absolute atomic E-state index is 0.0196. The van der Waals surface area contributed by atoms with Gasteiger partial charge in [-0.1, -0.05) is 30.3 Å². The number of carbonyl (C=O) groups excluding carboxylic acids is 2. The predicted octanol–water partition coefficient (Wildman–Crippen LogP) is 3.51. The summed E-state index contributed by atoms with van der Waals surface area (Å²) in [7, 11) is 0. The summed E-state index contributed by atoms with van der Waals surface area (Å²) in [6.45, 7) is 0.681. The van der Waals surface area contributed by atoms with Gasteiger partial charge in [0.05, 0.1) is 5.56 Å². The number of nitrogens with zero attached hydrogens (tertiary/aromatic N) is 1. The van der Waals surface area contributed by atoms with E-state index in [1.807, 2.05) is 30.3 Å². The number of hydrogen-bond acceptors (Lipinski definition) is 4. The number of carbonyl (C=O) groups is 3. The molecule has 7 heteroatoms. The van der Waals surface area contributed by atoms with Crippen LogP contribution in [0.4, 0.5) is 5.69 Å². The van der Waals surface area contributed by atoms with Crippen LogP contribution in [0.25, 0.3) is 0 Å². The number of nitrogens with one attached hydrogen (secondary N) is 1. The first-order chi connectivity index (χ1) is 16.0. The van der Waals surface area contributed by atoms with Crippen LogP contribution in [0, 0.1) is 11.8 Å². The lowest BCUT2D eigenvalue weighted by molar-refractivity contribution is -0.141. The van der Waals surface area contributed by atoms with Crippen molar-refractivity contribution >= 4 is 23.5 Å². The van der Waals surface area contributed by atoms with Crippen molar-refractivity contribution < 1.29 is 24.6 Å². The van der Waals surface area contributed by atoms with Gasteiger partial charge in [-0.2, -0.15) is 0 Å². The summed E-state index contributed by atoms with van der Waals surface area (Å²) in [5.41, 5.74) is 1.67. The summed E-state index contributed by atoms with van der Waals surface area (Å²) in [6.07, 6.45) is 3.84. The van der Waals surface area contributed by atoms with E-state index in [4.69, 9.17) is 5.11 Å². The minimum Gasteiger partial charge on any atom is -0.478 e. The first kappa shape index (κ1) is 23.0. The highest BCUT2D eigenvalue weighted by molar-refractivity contribution is 5.99. The zero-order valence-electron chi connectivity index (χ0n) is 18.5. The average molecular weight is 451 g/mol. The first-order valence-corrected chi connectivity index (χ1v) is 11.6. The Hall–Kier alpha value is -3.19. The van der Waals surface area contributed by atoms with E-state index in [0.717, 1.165) is 31.2 Å². The Kier molecular flexibility index (Phi) is 7.08. The highest BCUT2D eigenvalue weighted by Crippen LogP contribution is 2.37. The van der Waals surface area contributed by atoms with Gasteiger partial charge in [-0.25, -0.2) is 4.79 Å². The van der Waals surface area contributed by atoms with Gasteiger partial charge in [-0.3, -0.25) is 9.59 Å². The molecular formula is C26H30N2O5. The van der Waals surface area contributed by atoms with Crippen molar-refractivity contribution in [2.75, 3.05) is 18.5 Å². The van der Waals surface area contributed by atoms with Gasteiger partial charge in [0, 0.05) is 30.7 Å². The van der Waals surface area contributed by atoms with Gasteiger partial charge in [0.25, 0.3) is 0 Å². The lowest BCUT2D eigenvalue weighted by atomic mass is 9.81. The zero-order valence-corrected chi connectivity index (χ0v) is 18.5. The number of anilines is 1. The Labute approximate surface area is 193 Å². The molecule has 2 aromatic carbocycles. The molecule has 0 bridgehead atoms. The number of carboxylic acids is 1.